The summed E-state index contributed by atoms with van der Waals surface area (Å²) < 4.78 is 11.5. The highest BCUT2D eigenvalue weighted by Crippen LogP contribution is 2.34. The van der Waals surface area contributed by atoms with Crippen LogP contribution in [0, 0.1) is 0 Å². The average molecular weight is 365 g/mol. The number of likely N-dealkylation sites (N-methyl/N-ethyl adjacent to an activating group) is 1. The number of hydrogen-bond donors (Lipinski definition) is 0. The van der Waals surface area contributed by atoms with Crippen molar-refractivity contribution in [1.82, 2.24) is 4.90 Å². The van der Waals surface area contributed by atoms with E-state index < -0.39 is 0 Å². The van der Waals surface area contributed by atoms with Crippen LogP contribution in [0.1, 0.15) is 42.0 Å². The van der Waals surface area contributed by atoms with Crippen LogP contribution in [-0.4, -0.2) is 30.6 Å². The number of carbonyl (C=O) groups excluding carboxylic acids is 1. The number of carbonyl (C=O) groups is 1. The maximum Gasteiger partial charge on any atom is 0.227 e. The number of amides is 1. The van der Waals surface area contributed by atoms with Gasteiger partial charge in [-0.1, -0.05) is 30.3 Å². The molecule has 2 aromatic carbocycles. The quantitative estimate of drug-likeness (QED) is 0.806. The van der Waals surface area contributed by atoms with Gasteiger partial charge < -0.3 is 14.4 Å². The van der Waals surface area contributed by atoms with E-state index in [0.717, 1.165) is 29.0 Å². The molecule has 0 N–H and O–H groups in total. The van der Waals surface area contributed by atoms with Crippen LogP contribution in [0.15, 0.2) is 36.4 Å². The summed E-state index contributed by atoms with van der Waals surface area (Å²) in [5, 5.41) is 0. The molecule has 4 heteroatoms. The summed E-state index contributed by atoms with van der Waals surface area (Å²) in [6.07, 6.45) is 5.30. The minimum absolute atomic E-state index is 0.155. The smallest absolute Gasteiger partial charge is 0.227 e. The number of hydrogen-bond acceptors (Lipinski definition) is 3. The van der Waals surface area contributed by atoms with E-state index in [0.29, 0.717) is 32.7 Å². The van der Waals surface area contributed by atoms with E-state index in [-0.39, 0.29) is 5.91 Å². The summed E-state index contributed by atoms with van der Waals surface area (Å²) >= 11 is 0. The van der Waals surface area contributed by atoms with Gasteiger partial charge in [0.1, 0.15) is 13.2 Å². The summed E-state index contributed by atoms with van der Waals surface area (Å²) in [6, 6.07) is 12.5. The Bertz CT molecular complexity index is 830. The van der Waals surface area contributed by atoms with Gasteiger partial charge in [-0.3, -0.25) is 4.79 Å². The van der Waals surface area contributed by atoms with E-state index in [1.165, 1.54) is 30.4 Å². The van der Waals surface area contributed by atoms with Crippen molar-refractivity contribution in [2.75, 3.05) is 19.8 Å². The minimum atomic E-state index is 0.155. The van der Waals surface area contributed by atoms with Gasteiger partial charge in [0, 0.05) is 18.7 Å². The molecule has 0 saturated carbocycles. The molecule has 0 saturated heterocycles. The summed E-state index contributed by atoms with van der Waals surface area (Å²) in [5.74, 6) is 1.71. The average Bonchev–Trinajstić information content (AvgIpc) is 2.72. The highest BCUT2D eigenvalue weighted by atomic mass is 16.6. The van der Waals surface area contributed by atoms with Gasteiger partial charge in [-0.05, 0) is 55.4 Å². The van der Waals surface area contributed by atoms with Crippen LogP contribution in [0.2, 0.25) is 0 Å². The normalized spacial score (nSPS) is 15.1. The SMILES string of the molecule is CCN(Cc1cccc2c1OCCO2)C(=O)Cc1ccc2c(c1)CCCC2. The Hall–Kier alpha value is -2.49. The van der Waals surface area contributed by atoms with Crippen LogP contribution in [0.5, 0.6) is 11.5 Å². The van der Waals surface area contributed by atoms with E-state index in [4.69, 9.17) is 9.47 Å². The molecule has 0 aromatic heterocycles. The zero-order valence-corrected chi connectivity index (χ0v) is 16.0. The molecule has 1 aliphatic heterocycles. The van der Waals surface area contributed by atoms with Gasteiger partial charge in [0.15, 0.2) is 11.5 Å². The van der Waals surface area contributed by atoms with E-state index in [9.17, 15) is 4.79 Å². The van der Waals surface area contributed by atoms with Crippen LogP contribution < -0.4 is 9.47 Å². The number of fused-ring (bicyclic) bond motifs is 2. The van der Waals surface area contributed by atoms with Crippen molar-refractivity contribution in [3.05, 3.63) is 58.7 Å². The third-order valence-corrected chi connectivity index (χ3v) is 5.51. The molecule has 0 radical (unpaired) electrons. The fraction of sp³-hybridized carbons (Fsp3) is 0.435. The van der Waals surface area contributed by atoms with Gasteiger partial charge in [-0.15, -0.1) is 0 Å². The predicted molar refractivity (Wildman–Crippen MR) is 105 cm³/mol. The maximum atomic E-state index is 12.9. The first-order chi connectivity index (χ1) is 13.2. The fourth-order valence-electron chi connectivity index (χ4n) is 4.02. The Kier molecular flexibility index (Phi) is 5.33. The van der Waals surface area contributed by atoms with Gasteiger partial charge in [-0.25, -0.2) is 0 Å². The van der Waals surface area contributed by atoms with Crippen LogP contribution in [-0.2, 0) is 30.6 Å². The van der Waals surface area contributed by atoms with E-state index in [1.807, 2.05) is 30.0 Å². The van der Waals surface area contributed by atoms with Crippen molar-refractivity contribution in [2.45, 2.75) is 45.6 Å². The molecule has 1 heterocycles. The number of benzene rings is 2. The Morgan fingerprint density at radius 2 is 1.85 bits per heavy atom. The Balaban J connectivity index is 1.47. The summed E-state index contributed by atoms with van der Waals surface area (Å²) in [6.45, 7) is 4.38. The molecule has 0 fully saturated rings. The first-order valence-electron chi connectivity index (χ1n) is 10.0. The molecule has 1 amide bonds. The van der Waals surface area contributed by atoms with E-state index in [2.05, 4.69) is 18.2 Å². The van der Waals surface area contributed by atoms with Crippen molar-refractivity contribution in [2.24, 2.45) is 0 Å². The summed E-state index contributed by atoms with van der Waals surface area (Å²) in [7, 11) is 0. The number of nitrogens with zero attached hydrogens (tertiary/aromatic N) is 1. The lowest BCUT2D eigenvalue weighted by Crippen LogP contribution is -2.32. The van der Waals surface area contributed by atoms with Gasteiger partial charge in [-0.2, -0.15) is 0 Å². The highest BCUT2D eigenvalue weighted by molar-refractivity contribution is 5.79. The molecule has 0 atom stereocenters. The molecule has 2 aliphatic rings. The molecule has 0 spiro atoms. The molecule has 2 aromatic rings. The Labute approximate surface area is 161 Å². The van der Waals surface area contributed by atoms with Crippen molar-refractivity contribution in [3.8, 4) is 11.5 Å². The number of rotatable bonds is 5. The van der Waals surface area contributed by atoms with Crippen molar-refractivity contribution in [3.63, 3.8) is 0 Å². The molecule has 4 rings (SSSR count). The van der Waals surface area contributed by atoms with Crippen LogP contribution in [0.25, 0.3) is 0 Å². The largest absolute Gasteiger partial charge is 0.486 e. The first-order valence-corrected chi connectivity index (χ1v) is 10.0. The molecular weight excluding hydrogens is 338 g/mol. The Morgan fingerprint density at radius 3 is 2.70 bits per heavy atom. The molecule has 1 aliphatic carbocycles. The fourth-order valence-corrected chi connectivity index (χ4v) is 4.02. The zero-order valence-electron chi connectivity index (χ0n) is 16.0. The van der Waals surface area contributed by atoms with E-state index >= 15 is 0 Å². The first kappa shape index (κ1) is 17.9. The lowest BCUT2D eigenvalue weighted by molar-refractivity contribution is -0.130. The monoisotopic (exact) mass is 365 g/mol. The zero-order chi connectivity index (χ0) is 18.6. The van der Waals surface area contributed by atoms with Gasteiger partial charge in [0.25, 0.3) is 0 Å². The number of ether oxygens (including phenoxy) is 2. The second kappa shape index (κ2) is 8.03. The molecule has 142 valence electrons. The van der Waals surface area contributed by atoms with Crippen molar-refractivity contribution in [1.29, 1.82) is 0 Å². The Morgan fingerprint density at radius 1 is 1.04 bits per heavy atom. The van der Waals surface area contributed by atoms with Crippen LogP contribution >= 0.6 is 0 Å². The molecule has 0 bridgehead atoms. The van der Waals surface area contributed by atoms with Crippen molar-refractivity contribution < 1.29 is 14.3 Å². The van der Waals surface area contributed by atoms with E-state index in [1.54, 1.807) is 0 Å². The summed E-state index contributed by atoms with van der Waals surface area (Å²) in [5.41, 5.74) is 5.01. The minimum Gasteiger partial charge on any atom is -0.486 e. The third-order valence-electron chi connectivity index (χ3n) is 5.51. The van der Waals surface area contributed by atoms with Crippen molar-refractivity contribution >= 4 is 5.91 Å². The van der Waals surface area contributed by atoms with Crippen LogP contribution in [0.3, 0.4) is 0 Å². The second-order valence-corrected chi connectivity index (χ2v) is 7.34. The van der Waals surface area contributed by atoms with Gasteiger partial charge >= 0.3 is 0 Å². The molecule has 4 nitrogen and oxygen atoms in total. The lowest BCUT2D eigenvalue weighted by Gasteiger charge is -2.25. The highest BCUT2D eigenvalue weighted by Gasteiger charge is 2.20. The second-order valence-electron chi connectivity index (χ2n) is 7.34. The third kappa shape index (κ3) is 3.95. The lowest BCUT2D eigenvalue weighted by atomic mass is 9.90. The predicted octanol–water partition coefficient (Wildman–Crippen LogP) is 3.93. The topological polar surface area (TPSA) is 38.8 Å². The number of para-hydroxylation sites is 1. The summed E-state index contributed by atoms with van der Waals surface area (Å²) in [4.78, 5) is 14.8. The van der Waals surface area contributed by atoms with Gasteiger partial charge in [0.2, 0.25) is 5.91 Å². The molecule has 0 unspecified atom stereocenters. The molecular formula is C23H27NO3. The van der Waals surface area contributed by atoms with Gasteiger partial charge in [0.05, 0.1) is 6.42 Å². The molecule has 27 heavy (non-hydrogen) atoms. The standard InChI is InChI=1S/C23H27NO3/c1-2-24(16-20-8-5-9-21-23(20)27-13-12-26-21)22(25)15-17-10-11-18-6-3-4-7-19(18)14-17/h5,8-11,14H,2-4,6-7,12-13,15-16H2,1H3. The maximum absolute atomic E-state index is 12.9. The van der Waals surface area contributed by atoms with Crippen LogP contribution in [0.4, 0.5) is 0 Å². The number of aryl methyl sites for hydroxylation is 2.